The van der Waals surface area contributed by atoms with Gasteiger partial charge >= 0.3 is 0 Å². The van der Waals surface area contributed by atoms with E-state index in [1.807, 2.05) is 29.6 Å². The summed E-state index contributed by atoms with van der Waals surface area (Å²) in [6, 6.07) is 7.91. The molecule has 0 saturated carbocycles. The maximum atomic E-state index is 10.8. The summed E-state index contributed by atoms with van der Waals surface area (Å²) in [6.45, 7) is 11.1. The van der Waals surface area contributed by atoms with E-state index in [1.165, 1.54) is 11.3 Å². The molecule has 5 heteroatoms. The van der Waals surface area contributed by atoms with Crippen molar-refractivity contribution in [2.75, 3.05) is 0 Å². The van der Waals surface area contributed by atoms with Crippen molar-refractivity contribution in [3.8, 4) is 17.0 Å². The zero-order valence-corrected chi connectivity index (χ0v) is 15.0. The van der Waals surface area contributed by atoms with Gasteiger partial charge < -0.3 is 4.43 Å². The van der Waals surface area contributed by atoms with Gasteiger partial charge in [0, 0.05) is 10.9 Å². The van der Waals surface area contributed by atoms with Gasteiger partial charge in [-0.05, 0) is 30.3 Å². The minimum Gasteiger partial charge on any atom is -0.543 e. The SMILES string of the molecule is CC(C)(C)[Si](C)(C)Oc1ccccc1-c1csc(C=O)n1. The zero-order chi connectivity index (χ0) is 15.7. The fraction of sp³-hybridized carbons (Fsp3) is 0.375. The Morgan fingerprint density at radius 2 is 1.90 bits per heavy atom. The maximum absolute atomic E-state index is 10.8. The number of carbonyl (C=O) groups excluding carboxylic acids is 1. The Morgan fingerprint density at radius 1 is 1.24 bits per heavy atom. The molecule has 0 amide bonds. The third-order valence-electron chi connectivity index (χ3n) is 3.96. The molecule has 0 saturated heterocycles. The van der Waals surface area contributed by atoms with Crippen LogP contribution in [0, 0.1) is 0 Å². The number of para-hydroxylation sites is 1. The molecule has 1 heterocycles. The second-order valence-corrected chi connectivity index (χ2v) is 12.2. The number of aldehydes is 1. The van der Waals surface area contributed by atoms with E-state index in [-0.39, 0.29) is 5.04 Å². The molecule has 1 aromatic carbocycles. The van der Waals surface area contributed by atoms with E-state index >= 15 is 0 Å². The van der Waals surface area contributed by atoms with Crippen molar-refractivity contribution in [2.45, 2.75) is 38.9 Å². The number of thiazole rings is 1. The summed E-state index contributed by atoms with van der Waals surface area (Å²) >= 11 is 1.35. The van der Waals surface area contributed by atoms with E-state index in [2.05, 4.69) is 38.8 Å². The Bertz CT molecular complexity index is 644. The van der Waals surface area contributed by atoms with Crippen LogP contribution in [0.25, 0.3) is 11.3 Å². The first-order valence-electron chi connectivity index (χ1n) is 6.94. The predicted molar refractivity (Wildman–Crippen MR) is 90.8 cm³/mol. The number of rotatable bonds is 4. The van der Waals surface area contributed by atoms with Gasteiger partial charge in [-0.3, -0.25) is 4.79 Å². The number of carbonyl (C=O) groups is 1. The molecular formula is C16H21NO2SSi. The highest BCUT2D eigenvalue weighted by Gasteiger charge is 2.39. The lowest BCUT2D eigenvalue weighted by molar-refractivity contribution is 0.112. The van der Waals surface area contributed by atoms with Crippen LogP contribution in [0.1, 0.15) is 30.6 Å². The van der Waals surface area contributed by atoms with Gasteiger partial charge in [-0.25, -0.2) is 4.98 Å². The lowest BCUT2D eigenvalue weighted by Gasteiger charge is -2.37. The van der Waals surface area contributed by atoms with E-state index in [0.29, 0.717) is 5.01 Å². The summed E-state index contributed by atoms with van der Waals surface area (Å²) in [6.07, 6.45) is 0.783. The second kappa shape index (κ2) is 5.73. The van der Waals surface area contributed by atoms with Gasteiger partial charge in [0.15, 0.2) is 11.3 Å². The average molecular weight is 320 g/mol. The summed E-state index contributed by atoms with van der Waals surface area (Å²) in [4.78, 5) is 15.2. The molecule has 3 nitrogen and oxygen atoms in total. The van der Waals surface area contributed by atoms with Gasteiger partial charge in [0.1, 0.15) is 5.75 Å². The quantitative estimate of drug-likeness (QED) is 0.587. The first kappa shape index (κ1) is 15.9. The van der Waals surface area contributed by atoms with Crippen molar-refractivity contribution in [2.24, 2.45) is 0 Å². The molecule has 0 atom stereocenters. The summed E-state index contributed by atoms with van der Waals surface area (Å²) < 4.78 is 6.41. The van der Waals surface area contributed by atoms with E-state index in [4.69, 9.17) is 4.43 Å². The molecule has 0 aliphatic heterocycles. The molecule has 2 aromatic rings. The van der Waals surface area contributed by atoms with Crippen molar-refractivity contribution in [3.63, 3.8) is 0 Å². The van der Waals surface area contributed by atoms with Crippen LogP contribution in [0.15, 0.2) is 29.6 Å². The lowest BCUT2D eigenvalue weighted by Crippen LogP contribution is -2.44. The average Bonchev–Trinajstić information content (AvgIpc) is 2.86. The molecule has 0 spiro atoms. The normalized spacial score (nSPS) is 12.2. The Morgan fingerprint density at radius 3 is 2.48 bits per heavy atom. The minimum atomic E-state index is -1.91. The standard InChI is InChI=1S/C16H21NO2SSi/c1-16(2,3)21(4,5)19-14-9-7-6-8-12(14)13-11-20-15(10-18)17-13/h6-11H,1-5H3. The fourth-order valence-electron chi connectivity index (χ4n) is 1.66. The molecule has 0 unspecified atom stereocenters. The first-order chi connectivity index (χ1) is 9.74. The molecule has 1 aromatic heterocycles. The van der Waals surface area contributed by atoms with Crippen molar-refractivity contribution in [3.05, 3.63) is 34.7 Å². The number of benzene rings is 1. The topological polar surface area (TPSA) is 39.2 Å². The van der Waals surface area contributed by atoms with Crippen molar-refractivity contribution in [1.82, 2.24) is 4.98 Å². The second-order valence-electron chi connectivity index (χ2n) is 6.55. The summed E-state index contributed by atoms with van der Waals surface area (Å²) in [7, 11) is -1.91. The van der Waals surface area contributed by atoms with Crippen LogP contribution in [-0.4, -0.2) is 19.6 Å². The third-order valence-corrected chi connectivity index (χ3v) is 9.07. The largest absolute Gasteiger partial charge is 0.543 e. The number of hydrogen-bond acceptors (Lipinski definition) is 4. The van der Waals surface area contributed by atoms with E-state index in [9.17, 15) is 4.79 Å². The Labute approximate surface area is 131 Å². The van der Waals surface area contributed by atoms with Crippen LogP contribution in [0.4, 0.5) is 0 Å². The molecule has 0 N–H and O–H groups in total. The van der Waals surface area contributed by atoms with E-state index in [1.54, 1.807) is 0 Å². The molecule has 0 aliphatic rings. The third kappa shape index (κ3) is 3.41. The van der Waals surface area contributed by atoms with Crippen LogP contribution in [0.5, 0.6) is 5.75 Å². The maximum Gasteiger partial charge on any atom is 0.250 e. The molecule has 0 fully saturated rings. The summed E-state index contributed by atoms with van der Waals surface area (Å²) in [5.41, 5.74) is 1.75. The lowest BCUT2D eigenvalue weighted by atomic mass is 10.1. The molecule has 2 rings (SSSR count). The van der Waals surface area contributed by atoms with Gasteiger partial charge in [0.25, 0.3) is 8.32 Å². The van der Waals surface area contributed by atoms with E-state index in [0.717, 1.165) is 23.3 Å². The molecule has 112 valence electrons. The van der Waals surface area contributed by atoms with Crippen LogP contribution in [0.3, 0.4) is 0 Å². The fourth-order valence-corrected chi connectivity index (χ4v) is 3.31. The highest BCUT2D eigenvalue weighted by molar-refractivity contribution is 7.11. The zero-order valence-electron chi connectivity index (χ0n) is 13.1. The molecular weight excluding hydrogens is 298 g/mol. The number of nitrogens with zero attached hydrogens (tertiary/aromatic N) is 1. The molecule has 0 aliphatic carbocycles. The van der Waals surface area contributed by atoms with Gasteiger partial charge in [0.2, 0.25) is 0 Å². The number of hydrogen-bond donors (Lipinski definition) is 0. The molecule has 0 radical (unpaired) electrons. The Hall–Kier alpha value is -1.46. The molecule has 21 heavy (non-hydrogen) atoms. The number of aromatic nitrogens is 1. The van der Waals surface area contributed by atoms with Crippen LogP contribution in [0.2, 0.25) is 18.1 Å². The first-order valence-corrected chi connectivity index (χ1v) is 10.7. The van der Waals surface area contributed by atoms with Gasteiger partial charge in [0.05, 0.1) is 5.69 Å². The van der Waals surface area contributed by atoms with Crippen LogP contribution >= 0.6 is 11.3 Å². The van der Waals surface area contributed by atoms with Crippen molar-refractivity contribution >= 4 is 25.9 Å². The monoisotopic (exact) mass is 319 g/mol. The molecule has 0 bridgehead atoms. The smallest absolute Gasteiger partial charge is 0.250 e. The van der Waals surface area contributed by atoms with Gasteiger partial charge in [-0.15, -0.1) is 11.3 Å². The van der Waals surface area contributed by atoms with Crippen LogP contribution < -0.4 is 4.43 Å². The highest BCUT2D eigenvalue weighted by atomic mass is 32.1. The van der Waals surface area contributed by atoms with Gasteiger partial charge in [-0.1, -0.05) is 32.9 Å². The Kier molecular flexibility index (Phi) is 4.34. The van der Waals surface area contributed by atoms with E-state index < -0.39 is 8.32 Å². The summed E-state index contributed by atoms with van der Waals surface area (Å²) in [5.74, 6) is 0.854. The minimum absolute atomic E-state index is 0.135. The highest BCUT2D eigenvalue weighted by Crippen LogP contribution is 2.40. The summed E-state index contributed by atoms with van der Waals surface area (Å²) in [5, 5.41) is 2.53. The Balaban J connectivity index is 2.40. The van der Waals surface area contributed by atoms with Gasteiger partial charge in [-0.2, -0.15) is 0 Å². The predicted octanol–water partition coefficient (Wildman–Crippen LogP) is 5.01. The van der Waals surface area contributed by atoms with Crippen molar-refractivity contribution in [1.29, 1.82) is 0 Å². The van der Waals surface area contributed by atoms with Crippen molar-refractivity contribution < 1.29 is 9.22 Å². The van der Waals surface area contributed by atoms with Crippen LogP contribution in [-0.2, 0) is 0 Å².